The van der Waals surface area contributed by atoms with E-state index in [2.05, 4.69) is 15.5 Å². The Bertz CT molecular complexity index is 627. The lowest BCUT2D eigenvalue weighted by Crippen LogP contribution is -2.26. The van der Waals surface area contributed by atoms with Crippen molar-refractivity contribution in [3.8, 4) is 11.5 Å². The lowest BCUT2D eigenvalue weighted by molar-refractivity contribution is -0.152. The van der Waals surface area contributed by atoms with E-state index >= 15 is 0 Å². The van der Waals surface area contributed by atoms with Gasteiger partial charge in [-0.05, 0) is 48.0 Å². The van der Waals surface area contributed by atoms with Crippen LogP contribution in [0.5, 0.6) is 11.5 Å². The van der Waals surface area contributed by atoms with Gasteiger partial charge in [0.2, 0.25) is 0 Å². The Morgan fingerprint density at radius 3 is 2.61 bits per heavy atom. The molecule has 0 fully saturated rings. The highest BCUT2D eigenvalue weighted by Crippen LogP contribution is 2.18. The molecule has 8 nitrogen and oxygen atoms in total. The number of aryl methyl sites for hydroxylation is 1. The molecule has 23 heavy (non-hydrogen) atoms. The summed E-state index contributed by atoms with van der Waals surface area (Å²) in [5.74, 6) is 1.31. The Balaban J connectivity index is 1.85. The molecule has 0 spiro atoms. The number of ether oxygens (including phenoxy) is 3. The molecule has 0 aliphatic carbocycles. The molecule has 0 saturated carbocycles. The van der Waals surface area contributed by atoms with Gasteiger partial charge < -0.3 is 14.2 Å². The third kappa shape index (κ3) is 4.67. The quantitative estimate of drug-likeness (QED) is 0.683. The van der Waals surface area contributed by atoms with Crippen LogP contribution in [-0.2, 0) is 22.7 Å². The van der Waals surface area contributed by atoms with Crippen LogP contribution in [-0.4, -0.2) is 39.4 Å². The Morgan fingerprint density at radius 1 is 1.26 bits per heavy atom. The van der Waals surface area contributed by atoms with Crippen LogP contribution in [0.25, 0.3) is 0 Å². The first-order valence-electron chi connectivity index (χ1n) is 7.36. The van der Waals surface area contributed by atoms with Crippen molar-refractivity contribution in [1.82, 2.24) is 20.2 Å². The molecule has 2 aromatic rings. The smallest absolute Gasteiger partial charge is 0.347 e. The van der Waals surface area contributed by atoms with Crippen molar-refractivity contribution < 1.29 is 19.0 Å². The first kappa shape index (κ1) is 16.7. The minimum absolute atomic E-state index is 0.0160. The maximum atomic E-state index is 12.0. The number of esters is 1. The molecule has 2 rings (SSSR count). The second-order valence-electron chi connectivity index (χ2n) is 4.86. The molecule has 124 valence electrons. The SMILES string of the molecule is CCCn1nnnc1COC(=O)C(C)Oc1ccc(OC)cc1. The van der Waals surface area contributed by atoms with Gasteiger partial charge in [0.05, 0.1) is 7.11 Å². The van der Waals surface area contributed by atoms with Crippen LogP contribution in [0.2, 0.25) is 0 Å². The summed E-state index contributed by atoms with van der Waals surface area (Å²) in [5.41, 5.74) is 0. The molecular formula is C15H20N4O4. The number of nitrogens with zero attached hydrogens (tertiary/aromatic N) is 4. The summed E-state index contributed by atoms with van der Waals surface area (Å²) in [4.78, 5) is 12.0. The average Bonchev–Trinajstić information content (AvgIpc) is 3.01. The first-order chi connectivity index (χ1) is 11.1. The minimum Gasteiger partial charge on any atom is -0.497 e. The summed E-state index contributed by atoms with van der Waals surface area (Å²) < 4.78 is 17.4. The summed E-state index contributed by atoms with van der Waals surface area (Å²) in [6, 6.07) is 6.97. The van der Waals surface area contributed by atoms with Crippen molar-refractivity contribution >= 4 is 5.97 Å². The summed E-state index contributed by atoms with van der Waals surface area (Å²) in [6.07, 6.45) is 0.155. The fourth-order valence-corrected chi connectivity index (χ4v) is 1.87. The van der Waals surface area contributed by atoms with Crippen molar-refractivity contribution in [2.24, 2.45) is 0 Å². The maximum Gasteiger partial charge on any atom is 0.347 e. The van der Waals surface area contributed by atoms with E-state index < -0.39 is 12.1 Å². The van der Waals surface area contributed by atoms with Crippen molar-refractivity contribution in [2.45, 2.75) is 39.5 Å². The molecule has 1 aromatic heterocycles. The lowest BCUT2D eigenvalue weighted by atomic mass is 10.3. The molecule has 0 radical (unpaired) electrons. The Kier molecular flexibility index (Phi) is 5.90. The number of rotatable bonds is 8. The molecular weight excluding hydrogens is 300 g/mol. The van der Waals surface area contributed by atoms with Gasteiger partial charge in [0.1, 0.15) is 11.5 Å². The zero-order valence-corrected chi connectivity index (χ0v) is 13.4. The van der Waals surface area contributed by atoms with Crippen LogP contribution < -0.4 is 9.47 Å². The van der Waals surface area contributed by atoms with E-state index in [4.69, 9.17) is 14.2 Å². The molecule has 1 atom stereocenters. The first-order valence-corrected chi connectivity index (χ1v) is 7.36. The molecule has 0 amide bonds. The molecule has 0 aliphatic heterocycles. The van der Waals surface area contributed by atoms with E-state index in [9.17, 15) is 4.79 Å². The predicted octanol–water partition coefficient (Wildman–Crippen LogP) is 1.60. The third-order valence-corrected chi connectivity index (χ3v) is 3.09. The molecule has 0 N–H and O–H groups in total. The van der Waals surface area contributed by atoms with E-state index in [1.165, 1.54) is 0 Å². The Hall–Kier alpha value is -2.64. The Morgan fingerprint density at radius 2 is 1.96 bits per heavy atom. The van der Waals surface area contributed by atoms with E-state index in [0.29, 0.717) is 18.1 Å². The van der Waals surface area contributed by atoms with Crippen LogP contribution in [0.15, 0.2) is 24.3 Å². The number of hydrogen-bond donors (Lipinski definition) is 0. The second kappa shape index (κ2) is 8.11. The number of carbonyl (C=O) groups excluding carboxylic acids is 1. The molecule has 0 aliphatic rings. The van der Waals surface area contributed by atoms with E-state index in [-0.39, 0.29) is 6.61 Å². The van der Waals surface area contributed by atoms with E-state index in [1.54, 1.807) is 43.0 Å². The van der Waals surface area contributed by atoms with Crippen molar-refractivity contribution in [3.05, 3.63) is 30.1 Å². The Labute approximate surface area is 134 Å². The molecule has 0 bridgehead atoms. The maximum absolute atomic E-state index is 12.0. The van der Waals surface area contributed by atoms with E-state index in [1.807, 2.05) is 6.92 Å². The fourth-order valence-electron chi connectivity index (χ4n) is 1.87. The van der Waals surface area contributed by atoms with Gasteiger partial charge in [-0.2, -0.15) is 0 Å². The number of hydrogen-bond acceptors (Lipinski definition) is 7. The monoisotopic (exact) mass is 320 g/mol. The molecule has 1 unspecified atom stereocenters. The van der Waals surface area contributed by atoms with Crippen molar-refractivity contribution in [1.29, 1.82) is 0 Å². The zero-order chi connectivity index (χ0) is 16.7. The van der Waals surface area contributed by atoms with Gasteiger partial charge in [-0.3, -0.25) is 0 Å². The number of aromatic nitrogens is 4. The van der Waals surface area contributed by atoms with Gasteiger partial charge >= 0.3 is 5.97 Å². The number of methoxy groups -OCH3 is 1. The average molecular weight is 320 g/mol. The molecule has 8 heteroatoms. The zero-order valence-electron chi connectivity index (χ0n) is 13.4. The van der Waals surface area contributed by atoms with Crippen LogP contribution in [0.1, 0.15) is 26.1 Å². The predicted molar refractivity (Wildman–Crippen MR) is 81.0 cm³/mol. The van der Waals surface area contributed by atoms with Crippen LogP contribution in [0.4, 0.5) is 0 Å². The fraction of sp³-hybridized carbons (Fsp3) is 0.467. The van der Waals surface area contributed by atoms with Crippen LogP contribution in [0, 0.1) is 0 Å². The number of carbonyl (C=O) groups is 1. The van der Waals surface area contributed by atoms with Gasteiger partial charge in [0, 0.05) is 6.54 Å². The summed E-state index contributed by atoms with van der Waals surface area (Å²) >= 11 is 0. The molecule has 0 saturated heterocycles. The third-order valence-electron chi connectivity index (χ3n) is 3.09. The summed E-state index contributed by atoms with van der Waals surface area (Å²) in [5, 5.41) is 11.2. The largest absolute Gasteiger partial charge is 0.497 e. The highest BCUT2D eigenvalue weighted by Gasteiger charge is 2.18. The molecule has 1 heterocycles. The van der Waals surface area contributed by atoms with Crippen molar-refractivity contribution in [3.63, 3.8) is 0 Å². The minimum atomic E-state index is -0.737. The lowest BCUT2D eigenvalue weighted by Gasteiger charge is -2.14. The van der Waals surface area contributed by atoms with Gasteiger partial charge in [-0.25, -0.2) is 9.48 Å². The standard InChI is InChI=1S/C15H20N4O4/c1-4-9-19-14(16-17-18-19)10-22-15(20)11(2)23-13-7-5-12(21-3)6-8-13/h5-8,11H,4,9-10H2,1-3H3. The van der Waals surface area contributed by atoms with Crippen LogP contribution in [0.3, 0.4) is 0 Å². The second-order valence-corrected chi connectivity index (χ2v) is 4.86. The molecule has 1 aromatic carbocycles. The summed E-state index contributed by atoms with van der Waals surface area (Å²) in [6.45, 7) is 4.34. The van der Waals surface area contributed by atoms with Gasteiger partial charge in [0.25, 0.3) is 0 Å². The van der Waals surface area contributed by atoms with Crippen LogP contribution >= 0.6 is 0 Å². The normalized spacial score (nSPS) is 11.8. The van der Waals surface area contributed by atoms with Gasteiger partial charge in [0.15, 0.2) is 18.5 Å². The van der Waals surface area contributed by atoms with E-state index in [0.717, 1.165) is 12.2 Å². The summed E-state index contributed by atoms with van der Waals surface area (Å²) in [7, 11) is 1.59. The van der Waals surface area contributed by atoms with Gasteiger partial charge in [-0.15, -0.1) is 5.10 Å². The van der Waals surface area contributed by atoms with Crippen molar-refractivity contribution in [2.75, 3.05) is 7.11 Å². The topological polar surface area (TPSA) is 88.4 Å². The van der Waals surface area contributed by atoms with Gasteiger partial charge in [-0.1, -0.05) is 6.92 Å². The number of benzene rings is 1. The number of tetrazole rings is 1. The highest BCUT2D eigenvalue weighted by atomic mass is 16.6. The highest BCUT2D eigenvalue weighted by molar-refractivity contribution is 5.74.